The van der Waals surface area contributed by atoms with Crippen LogP contribution in [-0.2, 0) is 4.79 Å². The van der Waals surface area contributed by atoms with E-state index < -0.39 is 0 Å². The van der Waals surface area contributed by atoms with Crippen LogP contribution in [0.4, 0.5) is 0 Å². The molecule has 0 aliphatic rings. The Kier molecular flexibility index (Phi) is 5.22. The van der Waals surface area contributed by atoms with Gasteiger partial charge in [-0.2, -0.15) is 0 Å². The predicted octanol–water partition coefficient (Wildman–Crippen LogP) is 1.95. The first-order valence-electron chi connectivity index (χ1n) is 4.66. The van der Waals surface area contributed by atoms with Crippen molar-refractivity contribution in [2.24, 2.45) is 5.41 Å². The van der Waals surface area contributed by atoms with Crippen LogP contribution >= 0.6 is 0 Å². The van der Waals surface area contributed by atoms with Crippen molar-refractivity contribution in [2.75, 3.05) is 6.54 Å². The fraction of sp³-hybridized carbons (Fsp3) is 0.727. The van der Waals surface area contributed by atoms with Gasteiger partial charge >= 0.3 is 0 Å². The van der Waals surface area contributed by atoms with Gasteiger partial charge in [-0.3, -0.25) is 4.79 Å². The van der Waals surface area contributed by atoms with Crippen molar-refractivity contribution in [3.05, 3.63) is 0 Å². The van der Waals surface area contributed by atoms with Crippen LogP contribution in [-0.4, -0.2) is 12.5 Å². The summed E-state index contributed by atoms with van der Waals surface area (Å²) in [5.41, 5.74) is 0.0657. The van der Waals surface area contributed by atoms with Gasteiger partial charge in [-0.15, -0.1) is 12.3 Å². The molecular weight excluding hydrogens is 162 g/mol. The SMILES string of the molecule is C#CCCCNC(=O)CC(C)(C)C. The van der Waals surface area contributed by atoms with Crippen LogP contribution in [0.15, 0.2) is 0 Å². The summed E-state index contributed by atoms with van der Waals surface area (Å²) in [6.45, 7) is 6.84. The third-order valence-corrected chi connectivity index (χ3v) is 1.51. The third kappa shape index (κ3) is 8.94. The van der Waals surface area contributed by atoms with E-state index in [9.17, 15) is 4.79 Å². The maximum Gasteiger partial charge on any atom is 0.220 e. The lowest BCUT2D eigenvalue weighted by Crippen LogP contribution is -2.28. The van der Waals surface area contributed by atoms with Crippen LogP contribution in [0.3, 0.4) is 0 Å². The molecule has 2 nitrogen and oxygen atoms in total. The van der Waals surface area contributed by atoms with Gasteiger partial charge in [0.2, 0.25) is 5.91 Å². The number of rotatable bonds is 4. The second-order valence-corrected chi connectivity index (χ2v) is 4.40. The lowest BCUT2D eigenvalue weighted by molar-refractivity contribution is -0.122. The van der Waals surface area contributed by atoms with Gasteiger partial charge < -0.3 is 5.32 Å². The second kappa shape index (κ2) is 5.64. The van der Waals surface area contributed by atoms with Crippen molar-refractivity contribution < 1.29 is 4.79 Å². The summed E-state index contributed by atoms with van der Waals surface area (Å²) in [4.78, 5) is 11.3. The Morgan fingerprint density at radius 2 is 2.08 bits per heavy atom. The number of carbonyl (C=O) groups excluding carboxylic acids is 1. The summed E-state index contributed by atoms with van der Waals surface area (Å²) in [7, 11) is 0. The van der Waals surface area contributed by atoms with Crippen LogP contribution in [0, 0.1) is 17.8 Å². The Morgan fingerprint density at radius 3 is 2.54 bits per heavy atom. The Balaban J connectivity index is 3.48. The molecule has 0 atom stereocenters. The summed E-state index contributed by atoms with van der Waals surface area (Å²) < 4.78 is 0. The van der Waals surface area contributed by atoms with Crippen molar-refractivity contribution in [2.45, 2.75) is 40.0 Å². The van der Waals surface area contributed by atoms with E-state index in [-0.39, 0.29) is 11.3 Å². The Morgan fingerprint density at radius 1 is 1.46 bits per heavy atom. The van der Waals surface area contributed by atoms with Gasteiger partial charge in [-0.25, -0.2) is 0 Å². The minimum Gasteiger partial charge on any atom is -0.356 e. The molecule has 13 heavy (non-hydrogen) atoms. The fourth-order valence-electron chi connectivity index (χ4n) is 0.962. The van der Waals surface area contributed by atoms with E-state index in [1.807, 2.05) is 20.8 Å². The highest BCUT2D eigenvalue weighted by Gasteiger charge is 2.14. The standard InChI is InChI=1S/C11H19NO/c1-5-6-7-8-12-10(13)9-11(2,3)4/h1H,6-9H2,2-4H3,(H,12,13). The van der Waals surface area contributed by atoms with Gasteiger partial charge in [0.05, 0.1) is 0 Å². The zero-order chi connectivity index (χ0) is 10.3. The number of nitrogens with one attached hydrogen (secondary N) is 1. The summed E-state index contributed by atoms with van der Waals surface area (Å²) in [5.74, 6) is 2.65. The molecule has 2 heteroatoms. The number of hydrogen-bond donors (Lipinski definition) is 1. The molecule has 0 aliphatic heterocycles. The molecule has 0 saturated carbocycles. The zero-order valence-corrected chi connectivity index (χ0v) is 8.81. The summed E-state index contributed by atoms with van der Waals surface area (Å²) >= 11 is 0. The molecule has 0 bridgehead atoms. The molecule has 0 aliphatic carbocycles. The van der Waals surface area contributed by atoms with E-state index in [0.29, 0.717) is 13.0 Å². The third-order valence-electron chi connectivity index (χ3n) is 1.51. The number of unbranched alkanes of at least 4 members (excludes halogenated alkanes) is 1. The van der Waals surface area contributed by atoms with E-state index in [2.05, 4.69) is 11.2 Å². The van der Waals surface area contributed by atoms with Crippen LogP contribution in [0.5, 0.6) is 0 Å². The van der Waals surface area contributed by atoms with Crippen LogP contribution in [0.25, 0.3) is 0 Å². The number of amides is 1. The van der Waals surface area contributed by atoms with Crippen molar-refractivity contribution in [3.63, 3.8) is 0 Å². The molecule has 0 aromatic carbocycles. The summed E-state index contributed by atoms with van der Waals surface area (Å²) in [5, 5.41) is 2.84. The average Bonchev–Trinajstić information content (AvgIpc) is 1.94. The molecule has 0 fully saturated rings. The molecule has 0 radical (unpaired) electrons. The minimum atomic E-state index is 0.0657. The van der Waals surface area contributed by atoms with Crippen molar-refractivity contribution >= 4 is 5.91 Å². The molecule has 0 spiro atoms. The van der Waals surface area contributed by atoms with Gasteiger partial charge in [0.25, 0.3) is 0 Å². The minimum absolute atomic E-state index is 0.0657. The van der Waals surface area contributed by atoms with Gasteiger partial charge in [-0.1, -0.05) is 20.8 Å². The van der Waals surface area contributed by atoms with E-state index in [1.54, 1.807) is 0 Å². The van der Waals surface area contributed by atoms with E-state index in [0.717, 1.165) is 12.8 Å². The van der Waals surface area contributed by atoms with Gasteiger partial charge in [-0.05, 0) is 11.8 Å². The Bertz CT molecular complexity index is 195. The first kappa shape index (κ1) is 12.0. The molecule has 1 N–H and O–H groups in total. The number of terminal acetylenes is 1. The monoisotopic (exact) mass is 181 g/mol. The second-order valence-electron chi connectivity index (χ2n) is 4.40. The summed E-state index contributed by atoms with van der Waals surface area (Å²) in [6.07, 6.45) is 7.26. The molecular formula is C11H19NO. The lowest BCUT2D eigenvalue weighted by Gasteiger charge is -2.16. The average molecular weight is 181 g/mol. The molecule has 0 saturated heterocycles. The smallest absolute Gasteiger partial charge is 0.220 e. The molecule has 74 valence electrons. The molecule has 0 aromatic rings. The van der Waals surface area contributed by atoms with Gasteiger partial charge in [0.1, 0.15) is 0 Å². The first-order valence-corrected chi connectivity index (χ1v) is 4.66. The highest BCUT2D eigenvalue weighted by atomic mass is 16.1. The van der Waals surface area contributed by atoms with Crippen LogP contribution in [0.1, 0.15) is 40.0 Å². The normalized spacial score (nSPS) is 10.6. The maximum absolute atomic E-state index is 11.3. The summed E-state index contributed by atoms with van der Waals surface area (Å²) in [6, 6.07) is 0. The fourth-order valence-corrected chi connectivity index (χ4v) is 0.962. The quantitative estimate of drug-likeness (QED) is 0.521. The lowest BCUT2D eigenvalue weighted by atomic mass is 9.92. The van der Waals surface area contributed by atoms with Crippen molar-refractivity contribution in [1.82, 2.24) is 5.32 Å². The van der Waals surface area contributed by atoms with E-state index in [4.69, 9.17) is 6.42 Å². The molecule has 0 aromatic heterocycles. The number of carbonyl (C=O) groups is 1. The van der Waals surface area contributed by atoms with Crippen molar-refractivity contribution in [3.8, 4) is 12.3 Å². The topological polar surface area (TPSA) is 29.1 Å². The maximum atomic E-state index is 11.3. The van der Waals surface area contributed by atoms with E-state index in [1.165, 1.54) is 0 Å². The van der Waals surface area contributed by atoms with Crippen LogP contribution < -0.4 is 5.32 Å². The number of hydrogen-bond acceptors (Lipinski definition) is 1. The van der Waals surface area contributed by atoms with E-state index >= 15 is 0 Å². The largest absolute Gasteiger partial charge is 0.356 e. The Labute approximate surface area is 81.1 Å². The molecule has 0 heterocycles. The molecule has 0 unspecified atom stereocenters. The zero-order valence-electron chi connectivity index (χ0n) is 8.81. The van der Waals surface area contributed by atoms with Crippen LogP contribution in [0.2, 0.25) is 0 Å². The van der Waals surface area contributed by atoms with Crippen molar-refractivity contribution in [1.29, 1.82) is 0 Å². The molecule has 1 amide bonds. The van der Waals surface area contributed by atoms with Gasteiger partial charge in [0.15, 0.2) is 0 Å². The first-order chi connectivity index (χ1) is 5.95. The Hall–Kier alpha value is -0.970. The highest BCUT2D eigenvalue weighted by molar-refractivity contribution is 5.76. The molecule has 0 rings (SSSR count). The predicted molar refractivity (Wildman–Crippen MR) is 55.1 cm³/mol. The highest BCUT2D eigenvalue weighted by Crippen LogP contribution is 2.17. The van der Waals surface area contributed by atoms with Gasteiger partial charge in [0, 0.05) is 19.4 Å².